The monoisotopic (exact) mass is 528 g/mol. The summed E-state index contributed by atoms with van der Waals surface area (Å²) in [5.41, 5.74) is 2.62. The highest BCUT2D eigenvalue weighted by Crippen LogP contribution is 2.24. The molecule has 0 heterocycles. The first-order chi connectivity index (χ1) is 19.1. The van der Waals surface area contributed by atoms with Crippen LogP contribution >= 0.6 is 0 Å². The van der Waals surface area contributed by atoms with E-state index in [0.29, 0.717) is 23.8 Å². The molecule has 39 heavy (non-hydrogen) atoms. The van der Waals surface area contributed by atoms with Gasteiger partial charge in [-0.15, -0.1) is 6.58 Å². The summed E-state index contributed by atoms with van der Waals surface area (Å²) in [7, 11) is 0. The molecule has 3 aromatic rings. The second-order valence-corrected chi connectivity index (χ2v) is 10.2. The molecular weight excluding hydrogens is 484 g/mol. The molecule has 3 aromatic carbocycles. The zero-order valence-electron chi connectivity index (χ0n) is 23.7. The van der Waals surface area contributed by atoms with Gasteiger partial charge in [-0.1, -0.05) is 82.7 Å². The van der Waals surface area contributed by atoms with E-state index in [0.717, 1.165) is 48.5 Å². The van der Waals surface area contributed by atoms with Gasteiger partial charge >= 0.3 is 5.97 Å². The summed E-state index contributed by atoms with van der Waals surface area (Å²) in [4.78, 5) is 12.6. The van der Waals surface area contributed by atoms with Crippen molar-refractivity contribution in [2.75, 3.05) is 13.2 Å². The van der Waals surface area contributed by atoms with Gasteiger partial charge in [0.1, 0.15) is 17.2 Å². The lowest BCUT2D eigenvalue weighted by Gasteiger charge is -2.11. The third kappa shape index (κ3) is 11.0. The molecule has 208 valence electrons. The van der Waals surface area contributed by atoms with E-state index < -0.39 is 0 Å². The van der Waals surface area contributed by atoms with Gasteiger partial charge in [0, 0.05) is 0 Å². The van der Waals surface area contributed by atoms with Crippen LogP contribution in [0.4, 0.5) is 0 Å². The van der Waals surface area contributed by atoms with E-state index in [1.165, 1.54) is 38.5 Å². The highest BCUT2D eigenvalue weighted by molar-refractivity contribution is 5.91. The first-order valence-electron chi connectivity index (χ1n) is 14.5. The van der Waals surface area contributed by atoms with Crippen molar-refractivity contribution >= 4 is 5.97 Å². The van der Waals surface area contributed by atoms with Crippen LogP contribution in [-0.4, -0.2) is 19.2 Å². The molecule has 4 heteroatoms. The van der Waals surface area contributed by atoms with Crippen molar-refractivity contribution < 1.29 is 19.0 Å². The summed E-state index contributed by atoms with van der Waals surface area (Å²) in [6.07, 6.45) is 13.0. The van der Waals surface area contributed by atoms with Gasteiger partial charge in [0.15, 0.2) is 0 Å². The van der Waals surface area contributed by atoms with Crippen LogP contribution in [0.2, 0.25) is 0 Å². The van der Waals surface area contributed by atoms with Crippen molar-refractivity contribution in [3.8, 4) is 28.4 Å². The Balaban J connectivity index is 1.39. The Morgan fingerprint density at radius 2 is 1.23 bits per heavy atom. The number of carbonyl (C=O) groups excluding carboxylic acids is 1. The third-order valence-corrected chi connectivity index (χ3v) is 6.90. The highest BCUT2D eigenvalue weighted by Gasteiger charge is 2.10. The van der Waals surface area contributed by atoms with Crippen molar-refractivity contribution in [2.24, 2.45) is 5.92 Å². The number of rotatable bonds is 18. The Hall–Kier alpha value is -3.53. The summed E-state index contributed by atoms with van der Waals surface area (Å²) in [6, 6.07) is 22.8. The van der Waals surface area contributed by atoms with E-state index in [2.05, 4.69) is 32.6 Å². The number of benzene rings is 3. The number of hydrogen-bond donors (Lipinski definition) is 0. The van der Waals surface area contributed by atoms with Crippen LogP contribution in [0, 0.1) is 5.92 Å². The van der Waals surface area contributed by atoms with E-state index in [4.69, 9.17) is 14.2 Å². The first-order valence-corrected chi connectivity index (χ1v) is 14.5. The molecule has 0 amide bonds. The molecule has 0 aliphatic rings. The van der Waals surface area contributed by atoms with E-state index in [1.807, 2.05) is 42.5 Å². The van der Waals surface area contributed by atoms with E-state index in [9.17, 15) is 4.79 Å². The van der Waals surface area contributed by atoms with Gasteiger partial charge in [0.05, 0.1) is 18.8 Å². The van der Waals surface area contributed by atoms with Crippen molar-refractivity contribution in [2.45, 2.75) is 71.6 Å². The molecule has 0 aromatic heterocycles. The molecule has 0 radical (unpaired) electrons. The minimum atomic E-state index is -0.383. The van der Waals surface area contributed by atoms with Gasteiger partial charge < -0.3 is 14.2 Å². The second-order valence-electron chi connectivity index (χ2n) is 10.2. The largest absolute Gasteiger partial charge is 0.494 e. The molecule has 3 rings (SSSR count). The van der Waals surface area contributed by atoms with Gasteiger partial charge in [-0.2, -0.15) is 0 Å². The maximum atomic E-state index is 12.6. The number of esters is 1. The number of unbranched alkanes of at least 4 members (excludes halogenated alkanes) is 7. The maximum Gasteiger partial charge on any atom is 0.343 e. The van der Waals surface area contributed by atoms with Crippen LogP contribution in [-0.2, 0) is 0 Å². The summed E-state index contributed by atoms with van der Waals surface area (Å²) in [6.45, 7) is 9.50. The zero-order valence-corrected chi connectivity index (χ0v) is 23.7. The standard InChI is InChI=1S/C35H44O4/c1-4-6-7-8-9-10-11-12-13-26-37-32-20-18-30(19-21-32)29-14-16-31(17-15-29)35(36)39-34-24-22-33(23-25-34)38-27-28(3)5-2/h4,14-25,28H,1,5-13,26-27H2,2-3H3. The molecule has 1 unspecified atom stereocenters. The topological polar surface area (TPSA) is 44.8 Å². The quantitative estimate of drug-likeness (QED) is 0.0713. The van der Waals surface area contributed by atoms with E-state index in [1.54, 1.807) is 24.3 Å². The molecule has 0 N–H and O–H groups in total. The molecular formula is C35H44O4. The molecule has 0 saturated carbocycles. The summed E-state index contributed by atoms with van der Waals surface area (Å²) < 4.78 is 17.2. The van der Waals surface area contributed by atoms with Gasteiger partial charge in [-0.3, -0.25) is 0 Å². The van der Waals surface area contributed by atoms with Crippen LogP contribution in [0.5, 0.6) is 17.2 Å². The Bertz CT molecular complexity index is 1100. The maximum absolute atomic E-state index is 12.6. The first kappa shape index (κ1) is 30.0. The van der Waals surface area contributed by atoms with E-state index >= 15 is 0 Å². The molecule has 0 saturated heterocycles. The van der Waals surface area contributed by atoms with Crippen molar-refractivity contribution in [1.82, 2.24) is 0 Å². The minimum absolute atomic E-state index is 0.383. The predicted molar refractivity (Wildman–Crippen MR) is 161 cm³/mol. The molecule has 0 aliphatic carbocycles. The fourth-order valence-corrected chi connectivity index (χ4v) is 4.13. The molecule has 0 aliphatic heterocycles. The predicted octanol–water partition coefficient (Wildman–Crippen LogP) is 9.68. The van der Waals surface area contributed by atoms with Crippen molar-refractivity contribution in [3.05, 3.63) is 91.0 Å². The molecule has 1 atom stereocenters. The molecule has 4 nitrogen and oxygen atoms in total. The Morgan fingerprint density at radius 3 is 1.85 bits per heavy atom. The number of carbonyl (C=O) groups is 1. The fraction of sp³-hybridized carbons (Fsp3) is 0.400. The Morgan fingerprint density at radius 1 is 0.718 bits per heavy atom. The minimum Gasteiger partial charge on any atom is -0.494 e. The summed E-state index contributed by atoms with van der Waals surface area (Å²) >= 11 is 0. The van der Waals surface area contributed by atoms with Gasteiger partial charge in [0.25, 0.3) is 0 Å². The smallest absolute Gasteiger partial charge is 0.343 e. The Kier molecular flexibility index (Phi) is 13.2. The van der Waals surface area contributed by atoms with E-state index in [-0.39, 0.29) is 5.97 Å². The molecule has 0 fully saturated rings. The van der Waals surface area contributed by atoms with Crippen LogP contribution in [0.3, 0.4) is 0 Å². The second kappa shape index (κ2) is 17.1. The number of ether oxygens (including phenoxy) is 3. The molecule has 0 bridgehead atoms. The van der Waals surface area contributed by atoms with Crippen LogP contribution in [0.1, 0.15) is 82.0 Å². The lowest BCUT2D eigenvalue weighted by molar-refractivity contribution is 0.0734. The lowest BCUT2D eigenvalue weighted by Crippen LogP contribution is -2.09. The molecule has 0 spiro atoms. The third-order valence-electron chi connectivity index (χ3n) is 6.90. The van der Waals surface area contributed by atoms with Crippen LogP contribution in [0.25, 0.3) is 11.1 Å². The SMILES string of the molecule is C=CCCCCCCCCCOc1ccc(-c2ccc(C(=O)Oc3ccc(OCC(C)CC)cc3)cc2)cc1. The van der Waals surface area contributed by atoms with Crippen LogP contribution < -0.4 is 14.2 Å². The zero-order chi connectivity index (χ0) is 27.7. The van der Waals surface area contributed by atoms with Gasteiger partial charge in [-0.25, -0.2) is 4.79 Å². The van der Waals surface area contributed by atoms with Gasteiger partial charge in [-0.05, 0) is 84.8 Å². The Labute approximate surface area is 235 Å². The van der Waals surface area contributed by atoms with Crippen molar-refractivity contribution in [1.29, 1.82) is 0 Å². The highest BCUT2D eigenvalue weighted by atomic mass is 16.5. The lowest BCUT2D eigenvalue weighted by atomic mass is 10.0. The van der Waals surface area contributed by atoms with Crippen molar-refractivity contribution in [3.63, 3.8) is 0 Å². The average molecular weight is 529 g/mol. The summed E-state index contributed by atoms with van der Waals surface area (Å²) in [5, 5.41) is 0. The summed E-state index contributed by atoms with van der Waals surface area (Å²) in [5.74, 6) is 2.28. The average Bonchev–Trinajstić information content (AvgIpc) is 2.98. The van der Waals surface area contributed by atoms with Gasteiger partial charge in [0.2, 0.25) is 0 Å². The normalized spacial score (nSPS) is 11.5. The number of allylic oxidation sites excluding steroid dienone is 1. The van der Waals surface area contributed by atoms with Crippen LogP contribution in [0.15, 0.2) is 85.5 Å². The number of hydrogen-bond acceptors (Lipinski definition) is 4. The fourth-order valence-electron chi connectivity index (χ4n) is 4.13.